The van der Waals surface area contributed by atoms with E-state index in [0.29, 0.717) is 11.3 Å². The van der Waals surface area contributed by atoms with Crippen LogP contribution in [0.3, 0.4) is 0 Å². The number of benzene rings is 1. The lowest BCUT2D eigenvalue weighted by Gasteiger charge is -2.08. The van der Waals surface area contributed by atoms with Crippen LogP contribution in [0.1, 0.15) is 17.8 Å². The van der Waals surface area contributed by atoms with E-state index in [2.05, 4.69) is 9.72 Å². The molecule has 1 aromatic carbocycles. The molecule has 0 saturated carbocycles. The number of fused-ring (bicyclic) bond motifs is 1. The molecule has 0 aliphatic heterocycles. The summed E-state index contributed by atoms with van der Waals surface area (Å²) in [5.74, 6) is 0.0381. The summed E-state index contributed by atoms with van der Waals surface area (Å²) in [7, 11) is 1.27. The molecule has 0 N–H and O–H groups in total. The molecule has 0 radical (unpaired) electrons. The standard InChI is InChI=1S/C13H12ClF3N2O2/c1-21-12(20)4-5-19-10-3-2-8(13(15,16)17)6-9(10)18-11(19)7-14/h2-3,6H,4-5,7H2,1H3. The van der Waals surface area contributed by atoms with Crippen molar-refractivity contribution < 1.29 is 22.7 Å². The molecule has 0 aliphatic carbocycles. The Morgan fingerprint density at radius 1 is 1.43 bits per heavy atom. The number of nitrogens with zero attached hydrogens (tertiary/aromatic N) is 2. The van der Waals surface area contributed by atoms with Gasteiger partial charge in [0.15, 0.2) is 0 Å². The smallest absolute Gasteiger partial charge is 0.416 e. The summed E-state index contributed by atoms with van der Waals surface area (Å²) in [5.41, 5.74) is -0.0679. The molecule has 0 aliphatic rings. The average Bonchev–Trinajstić information content (AvgIpc) is 2.80. The quantitative estimate of drug-likeness (QED) is 0.641. The zero-order chi connectivity index (χ0) is 15.6. The predicted molar refractivity (Wildman–Crippen MR) is 70.9 cm³/mol. The van der Waals surface area contributed by atoms with E-state index in [1.165, 1.54) is 13.2 Å². The predicted octanol–water partition coefficient (Wildman–Crippen LogP) is 3.36. The largest absolute Gasteiger partial charge is 0.469 e. The molecular weight excluding hydrogens is 309 g/mol. The number of rotatable bonds is 4. The highest BCUT2D eigenvalue weighted by molar-refractivity contribution is 6.16. The maximum atomic E-state index is 12.7. The summed E-state index contributed by atoms with van der Waals surface area (Å²) in [6.45, 7) is 0.247. The molecule has 8 heteroatoms. The maximum Gasteiger partial charge on any atom is 0.416 e. The highest BCUT2D eigenvalue weighted by atomic mass is 35.5. The van der Waals surface area contributed by atoms with Crippen molar-refractivity contribution in [2.75, 3.05) is 7.11 Å². The van der Waals surface area contributed by atoms with Crippen LogP contribution in [0.15, 0.2) is 18.2 Å². The minimum atomic E-state index is -4.43. The molecule has 0 amide bonds. The van der Waals surface area contributed by atoms with Gasteiger partial charge in [0.25, 0.3) is 0 Å². The van der Waals surface area contributed by atoms with Gasteiger partial charge in [-0.2, -0.15) is 13.2 Å². The Kier molecular flexibility index (Phi) is 4.41. The molecule has 4 nitrogen and oxygen atoms in total. The van der Waals surface area contributed by atoms with Crippen molar-refractivity contribution in [1.82, 2.24) is 9.55 Å². The lowest BCUT2D eigenvalue weighted by molar-refractivity contribution is -0.141. The first-order chi connectivity index (χ1) is 9.86. The third kappa shape index (κ3) is 3.29. The second-order valence-electron chi connectivity index (χ2n) is 4.34. The number of esters is 1. The number of carbonyl (C=O) groups is 1. The molecule has 0 fully saturated rings. The normalized spacial score (nSPS) is 11.9. The van der Waals surface area contributed by atoms with Crippen molar-refractivity contribution >= 4 is 28.6 Å². The average molecular weight is 321 g/mol. The number of methoxy groups -OCH3 is 1. The Hall–Kier alpha value is -1.76. The van der Waals surface area contributed by atoms with Gasteiger partial charge < -0.3 is 9.30 Å². The second-order valence-corrected chi connectivity index (χ2v) is 4.61. The topological polar surface area (TPSA) is 44.1 Å². The zero-order valence-corrected chi connectivity index (χ0v) is 11.8. The Morgan fingerprint density at radius 2 is 2.14 bits per heavy atom. The molecular formula is C13H12ClF3N2O2. The number of hydrogen-bond donors (Lipinski definition) is 0. The first kappa shape index (κ1) is 15.6. The van der Waals surface area contributed by atoms with E-state index < -0.39 is 17.7 Å². The highest BCUT2D eigenvalue weighted by Crippen LogP contribution is 2.31. The molecule has 0 spiro atoms. The number of imidazole rings is 1. The van der Waals surface area contributed by atoms with Gasteiger partial charge in [0.05, 0.1) is 36.0 Å². The van der Waals surface area contributed by atoms with E-state index in [4.69, 9.17) is 11.6 Å². The van der Waals surface area contributed by atoms with Crippen molar-refractivity contribution in [1.29, 1.82) is 0 Å². The lowest BCUT2D eigenvalue weighted by Crippen LogP contribution is -2.09. The first-order valence-electron chi connectivity index (χ1n) is 6.06. The van der Waals surface area contributed by atoms with Crippen LogP contribution in [-0.4, -0.2) is 22.6 Å². The van der Waals surface area contributed by atoms with Gasteiger partial charge in [0.1, 0.15) is 5.82 Å². The summed E-state index contributed by atoms with van der Waals surface area (Å²) in [6, 6.07) is 3.29. The van der Waals surface area contributed by atoms with Crippen molar-refractivity contribution in [2.24, 2.45) is 0 Å². The van der Waals surface area contributed by atoms with Crippen molar-refractivity contribution in [2.45, 2.75) is 25.0 Å². The number of aromatic nitrogens is 2. The van der Waals surface area contributed by atoms with Gasteiger partial charge in [-0.25, -0.2) is 4.98 Å². The van der Waals surface area contributed by atoms with Crippen LogP contribution in [0.25, 0.3) is 11.0 Å². The van der Waals surface area contributed by atoms with Crippen LogP contribution in [0.5, 0.6) is 0 Å². The molecule has 1 heterocycles. The zero-order valence-electron chi connectivity index (χ0n) is 11.1. The van der Waals surface area contributed by atoms with Crippen LogP contribution in [0.4, 0.5) is 13.2 Å². The molecule has 114 valence electrons. The van der Waals surface area contributed by atoms with Gasteiger partial charge in [-0.15, -0.1) is 11.6 Å². The van der Waals surface area contributed by atoms with E-state index in [1.54, 1.807) is 4.57 Å². The molecule has 0 saturated heterocycles. The fraction of sp³-hybridized carbons (Fsp3) is 0.385. The Balaban J connectivity index is 2.42. The molecule has 0 unspecified atom stereocenters. The highest BCUT2D eigenvalue weighted by Gasteiger charge is 2.31. The summed E-state index contributed by atoms with van der Waals surface area (Å²) in [6.07, 6.45) is -4.34. The number of carbonyl (C=O) groups excluding carboxylic acids is 1. The molecule has 0 bridgehead atoms. The Labute approximate surface area is 123 Å². The summed E-state index contributed by atoms with van der Waals surface area (Å²) >= 11 is 5.76. The van der Waals surface area contributed by atoms with Crippen LogP contribution >= 0.6 is 11.6 Å². The van der Waals surface area contributed by atoms with E-state index in [-0.39, 0.29) is 24.4 Å². The third-order valence-electron chi connectivity index (χ3n) is 3.04. The van der Waals surface area contributed by atoms with Gasteiger partial charge in [-0.3, -0.25) is 4.79 Å². The van der Waals surface area contributed by atoms with Gasteiger partial charge in [-0.05, 0) is 18.2 Å². The van der Waals surface area contributed by atoms with Crippen LogP contribution in [0, 0.1) is 0 Å². The molecule has 21 heavy (non-hydrogen) atoms. The van der Waals surface area contributed by atoms with Gasteiger partial charge in [0.2, 0.25) is 0 Å². The van der Waals surface area contributed by atoms with Crippen LogP contribution in [-0.2, 0) is 28.1 Å². The van der Waals surface area contributed by atoms with E-state index in [0.717, 1.165) is 12.1 Å². The number of halogens is 4. The summed E-state index contributed by atoms with van der Waals surface area (Å²) in [4.78, 5) is 15.3. The molecule has 1 aromatic heterocycles. The SMILES string of the molecule is COC(=O)CCn1c(CCl)nc2cc(C(F)(F)F)ccc21. The van der Waals surface area contributed by atoms with Gasteiger partial charge >= 0.3 is 12.1 Å². The fourth-order valence-electron chi connectivity index (χ4n) is 2.01. The fourth-order valence-corrected chi connectivity index (χ4v) is 2.22. The maximum absolute atomic E-state index is 12.7. The lowest BCUT2D eigenvalue weighted by atomic mass is 10.2. The Morgan fingerprint density at radius 3 is 2.71 bits per heavy atom. The monoisotopic (exact) mass is 320 g/mol. The van der Waals surface area contributed by atoms with Crippen molar-refractivity contribution in [3.63, 3.8) is 0 Å². The number of hydrogen-bond acceptors (Lipinski definition) is 3. The third-order valence-corrected chi connectivity index (χ3v) is 3.28. The number of alkyl halides is 4. The number of ether oxygens (including phenoxy) is 1. The van der Waals surface area contributed by atoms with Gasteiger partial charge in [0, 0.05) is 6.54 Å². The van der Waals surface area contributed by atoms with E-state index >= 15 is 0 Å². The summed E-state index contributed by atoms with van der Waals surface area (Å²) in [5, 5.41) is 0. The van der Waals surface area contributed by atoms with Gasteiger partial charge in [-0.1, -0.05) is 0 Å². The van der Waals surface area contributed by atoms with Crippen molar-refractivity contribution in [3.05, 3.63) is 29.6 Å². The minimum absolute atomic E-state index is 0.0389. The summed E-state index contributed by atoms with van der Waals surface area (Å²) < 4.78 is 44.2. The van der Waals surface area contributed by atoms with E-state index in [1.807, 2.05) is 0 Å². The van der Waals surface area contributed by atoms with E-state index in [9.17, 15) is 18.0 Å². The number of aryl methyl sites for hydroxylation is 1. The van der Waals surface area contributed by atoms with Crippen LogP contribution < -0.4 is 0 Å². The second kappa shape index (κ2) is 5.93. The molecule has 0 atom stereocenters. The molecule has 2 aromatic rings. The Bertz CT molecular complexity index is 667. The molecule has 2 rings (SSSR count). The van der Waals surface area contributed by atoms with Crippen LogP contribution in [0.2, 0.25) is 0 Å². The van der Waals surface area contributed by atoms with Crippen molar-refractivity contribution in [3.8, 4) is 0 Å². The minimum Gasteiger partial charge on any atom is -0.469 e. The first-order valence-corrected chi connectivity index (χ1v) is 6.59.